The average molecular weight is 292 g/mol. The smallest absolute Gasteiger partial charge is 0.220 e. The summed E-state index contributed by atoms with van der Waals surface area (Å²) in [5, 5.41) is 7.00. The Morgan fingerprint density at radius 2 is 2.10 bits per heavy atom. The van der Waals surface area contributed by atoms with Crippen molar-refractivity contribution in [3.63, 3.8) is 0 Å². The molecule has 0 saturated carbocycles. The van der Waals surface area contributed by atoms with Gasteiger partial charge in [-0.2, -0.15) is 0 Å². The molecule has 0 aromatic carbocycles. The predicted octanol–water partition coefficient (Wildman–Crippen LogP) is 0.340. The molecule has 3 aliphatic heterocycles. The number of rotatable bonds is 5. The van der Waals surface area contributed by atoms with Crippen molar-refractivity contribution in [1.82, 2.24) is 20.3 Å². The standard InChI is InChI=1S/C15H24N4O2/c1-11-14(12(2)21-17-11)3-4-15(20)16-9-13-10-18-5-7-19(13)8-6-18/h13H,3-10H2,1-2H3,(H,16,20). The molecule has 1 aromatic rings. The number of fused-ring (bicyclic) bond motifs is 3. The molecule has 1 aromatic heterocycles. The third-order valence-corrected chi connectivity index (χ3v) is 4.71. The number of carbonyl (C=O) groups is 1. The van der Waals surface area contributed by atoms with Crippen LogP contribution < -0.4 is 5.32 Å². The van der Waals surface area contributed by atoms with E-state index in [1.54, 1.807) is 0 Å². The van der Waals surface area contributed by atoms with Crippen LogP contribution in [-0.4, -0.2) is 66.2 Å². The fourth-order valence-electron chi connectivity index (χ4n) is 3.34. The molecule has 6 heteroatoms. The Bertz CT molecular complexity index is 486. The topological polar surface area (TPSA) is 61.6 Å². The van der Waals surface area contributed by atoms with Crippen LogP contribution in [0.1, 0.15) is 23.4 Å². The number of nitrogens with zero attached hydrogens (tertiary/aromatic N) is 3. The lowest BCUT2D eigenvalue weighted by atomic mass is 10.1. The van der Waals surface area contributed by atoms with Crippen molar-refractivity contribution in [3.8, 4) is 0 Å². The lowest BCUT2D eigenvalue weighted by Crippen LogP contribution is -2.63. The fourth-order valence-corrected chi connectivity index (χ4v) is 3.34. The van der Waals surface area contributed by atoms with Crippen molar-refractivity contribution in [1.29, 1.82) is 0 Å². The van der Waals surface area contributed by atoms with Gasteiger partial charge in [0.1, 0.15) is 5.76 Å². The zero-order valence-electron chi connectivity index (χ0n) is 12.9. The lowest BCUT2D eigenvalue weighted by Gasteiger charge is -2.47. The maximum atomic E-state index is 12.0. The van der Waals surface area contributed by atoms with E-state index in [0.717, 1.165) is 43.2 Å². The molecule has 3 aliphatic rings. The molecule has 6 nitrogen and oxygen atoms in total. The molecule has 0 spiro atoms. The molecule has 21 heavy (non-hydrogen) atoms. The van der Waals surface area contributed by atoms with Crippen molar-refractivity contribution < 1.29 is 9.32 Å². The highest BCUT2D eigenvalue weighted by Gasteiger charge is 2.31. The van der Waals surface area contributed by atoms with Gasteiger partial charge in [-0.15, -0.1) is 0 Å². The monoisotopic (exact) mass is 292 g/mol. The second-order valence-electron chi connectivity index (χ2n) is 6.10. The Hall–Kier alpha value is -1.40. The van der Waals surface area contributed by atoms with Crippen LogP contribution >= 0.6 is 0 Å². The summed E-state index contributed by atoms with van der Waals surface area (Å²) in [6, 6.07) is 0.482. The zero-order chi connectivity index (χ0) is 14.8. The largest absolute Gasteiger partial charge is 0.361 e. The Balaban J connectivity index is 1.43. The molecule has 1 unspecified atom stereocenters. The molecule has 3 fully saturated rings. The van der Waals surface area contributed by atoms with Gasteiger partial charge < -0.3 is 9.84 Å². The van der Waals surface area contributed by atoms with Crippen LogP contribution in [0, 0.1) is 13.8 Å². The summed E-state index contributed by atoms with van der Waals surface area (Å²) in [7, 11) is 0. The van der Waals surface area contributed by atoms with Crippen LogP contribution in [0.2, 0.25) is 0 Å². The van der Waals surface area contributed by atoms with Crippen LogP contribution in [0.4, 0.5) is 0 Å². The fraction of sp³-hybridized carbons (Fsp3) is 0.733. The van der Waals surface area contributed by atoms with Crippen molar-refractivity contribution in [2.45, 2.75) is 32.7 Å². The van der Waals surface area contributed by atoms with Crippen LogP contribution in [0.15, 0.2) is 4.52 Å². The van der Waals surface area contributed by atoms with Crippen LogP contribution in [0.5, 0.6) is 0 Å². The van der Waals surface area contributed by atoms with E-state index in [9.17, 15) is 4.79 Å². The SMILES string of the molecule is Cc1noc(C)c1CCC(=O)NCC1CN2CCN1CC2. The molecular weight excluding hydrogens is 268 g/mol. The first-order valence-corrected chi connectivity index (χ1v) is 7.78. The van der Waals surface area contributed by atoms with E-state index in [1.807, 2.05) is 13.8 Å². The van der Waals surface area contributed by atoms with Gasteiger partial charge in [0.25, 0.3) is 0 Å². The number of amides is 1. The summed E-state index contributed by atoms with van der Waals surface area (Å²) < 4.78 is 5.12. The first kappa shape index (κ1) is 14.5. The molecule has 1 N–H and O–H groups in total. The number of nitrogens with one attached hydrogen (secondary N) is 1. The highest BCUT2D eigenvalue weighted by Crippen LogP contribution is 2.16. The molecule has 0 radical (unpaired) electrons. The maximum absolute atomic E-state index is 12.0. The third kappa shape index (κ3) is 3.27. The number of piperazine rings is 3. The average Bonchev–Trinajstić information content (AvgIpc) is 2.83. The molecule has 1 amide bonds. The first-order valence-electron chi connectivity index (χ1n) is 7.78. The van der Waals surface area contributed by atoms with Gasteiger partial charge in [-0.1, -0.05) is 5.16 Å². The van der Waals surface area contributed by atoms with E-state index in [1.165, 1.54) is 13.1 Å². The lowest BCUT2D eigenvalue weighted by molar-refractivity contribution is -0.121. The summed E-state index contributed by atoms with van der Waals surface area (Å²) >= 11 is 0. The molecule has 4 rings (SSSR count). The van der Waals surface area contributed by atoms with Crippen LogP contribution in [0.25, 0.3) is 0 Å². The number of hydrogen-bond acceptors (Lipinski definition) is 5. The molecule has 116 valence electrons. The molecule has 2 bridgehead atoms. The van der Waals surface area contributed by atoms with Gasteiger partial charge in [-0.05, 0) is 20.3 Å². The molecule has 3 saturated heterocycles. The summed E-state index contributed by atoms with van der Waals surface area (Å²) in [4.78, 5) is 17.0. The van der Waals surface area contributed by atoms with Crippen LogP contribution in [0.3, 0.4) is 0 Å². The summed E-state index contributed by atoms with van der Waals surface area (Å²) in [5.74, 6) is 0.941. The second-order valence-corrected chi connectivity index (χ2v) is 6.10. The Kier molecular flexibility index (Phi) is 4.26. The molecule has 0 aliphatic carbocycles. The number of carbonyl (C=O) groups excluding carboxylic acids is 1. The Morgan fingerprint density at radius 1 is 1.33 bits per heavy atom. The number of aryl methyl sites for hydroxylation is 2. The normalized spacial score (nSPS) is 27.8. The van der Waals surface area contributed by atoms with E-state index in [-0.39, 0.29) is 5.91 Å². The first-order chi connectivity index (χ1) is 10.1. The van der Waals surface area contributed by atoms with Crippen molar-refractivity contribution in [2.75, 3.05) is 39.3 Å². The minimum atomic E-state index is 0.118. The van der Waals surface area contributed by atoms with Gasteiger partial charge in [-0.3, -0.25) is 14.6 Å². The van der Waals surface area contributed by atoms with E-state index in [4.69, 9.17) is 4.52 Å². The minimum Gasteiger partial charge on any atom is -0.361 e. The maximum Gasteiger partial charge on any atom is 0.220 e. The predicted molar refractivity (Wildman–Crippen MR) is 79.1 cm³/mol. The third-order valence-electron chi connectivity index (χ3n) is 4.71. The highest BCUT2D eigenvalue weighted by molar-refractivity contribution is 5.76. The number of hydrogen-bond donors (Lipinski definition) is 1. The minimum absolute atomic E-state index is 0.118. The Labute approximate surface area is 125 Å². The second kappa shape index (κ2) is 6.15. The van der Waals surface area contributed by atoms with Gasteiger partial charge in [-0.25, -0.2) is 0 Å². The summed E-state index contributed by atoms with van der Waals surface area (Å²) in [6.07, 6.45) is 1.20. The van der Waals surface area contributed by atoms with Crippen molar-refractivity contribution in [3.05, 3.63) is 17.0 Å². The van der Waals surface area contributed by atoms with E-state index < -0.39 is 0 Å². The zero-order valence-corrected chi connectivity index (χ0v) is 12.9. The van der Waals surface area contributed by atoms with Crippen LogP contribution in [-0.2, 0) is 11.2 Å². The molecule has 1 atom stereocenters. The summed E-state index contributed by atoms with van der Waals surface area (Å²) in [5.41, 5.74) is 1.96. The van der Waals surface area contributed by atoms with E-state index >= 15 is 0 Å². The van der Waals surface area contributed by atoms with Gasteiger partial charge in [0, 0.05) is 57.3 Å². The van der Waals surface area contributed by atoms with Gasteiger partial charge in [0.15, 0.2) is 0 Å². The van der Waals surface area contributed by atoms with Crippen molar-refractivity contribution >= 4 is 5.91 Å². The quantitative estimate of drug-likeness (QED) is 0.848. The van der Waals surface area contributed by atoms with E-state index in [2.05, 4.69) is 20.3 Å². The van der Waals surface area contributed by atoms with E-state index in [0.29, 0.717) is 18.9 Å². The molecular formula is C15H24N4O2. The van der Waals surface area contributed by atoms with Gasteiger partial charge >= 0.3 is 0 Å². The van der Waals surface area contributed by atoms with Gasteiger partial charge in [0.05, 0.1) is 5.69 Å². The highest BCUT2D eigenvalue weighted by atomic mass is 16.5. The van der Waals surface area contributed by atoms with Gasteiger partial charge in [0.2, 0.25) is 5.91 Å². The Morgan fingerprint density at radius 3 is 2.67 bits per heavy atom. The summed E-state index contributed by atoms with van der Waals surface area (Å²) in [6.45, 7) is 10.3. The molecule has 4 heterocycles. The van der Waals surface area contributed by atoms with Crippen molar-refractivity contribution in [2.24, 2.45) is 0 Å². The number of aromatic nitrogens is 1.